The second-order valence-electron chi connectivity index (χ2n) is 6.19. The highest BCUT2D eigenvalue weighted by molar-refractivity contribution is 5.80. The van der Waals surface area contributed by atoms with Crippen LogP contribution < -0.4 is 10.6 Å². The Bertz CT molecular complexity index is 384. The summed E-state index contributed by atoms with van der Waals surface area (Å²) in [5.74, 6) is 1.81. The van der Waals surface area contributed by atoms with Gasteiger partial charge in [-0.3, -0.25) is 9.79 Å². The third-order valence-electron chi connectivity index (χ3n) is 4.45. The van der Waals surface area contributed by atoms with Crippen molar-refractivity contribution in [2.45, 2.75) is 32.2 Å². The van der Waals surface area contributed by atoms with E-state index in [1.165, 1.54) is 13.0 Å². The quantitative estimate of drug-likeness (QED) is 0.571. The van der Waals surface area contributed by atoms with E-state index in [0.29, 0.717) is 18.4 Å². The van der Waals surface area contributed by atoms with Crippen LogP contribution in [0.25, 0.3) is 0 Å². The van der Waals surface area contributed by atoms with Crippen molar-refractivity contribution in [2.24, 2.45) is 10.9 Å². The number of guanidine groups is 1. The van der Waals surface area contributed by atoms with Gasteiger partial charge in [0.2, 0.25) is 5.91 Å². The lowest BCUT2D eigenvalue weighted by molar-refractivity contribution is -0.129. The van der Waals surface area contributed by atoms with Crippen LogP contribution in [-0.2, 0) is 4.79 Å². The highest BCUT2D eigenvalue weighted by Crippen LogP contribution is 2.13. The molecule has 2 fully saturated rings. The van der Waals surface area contributed by atoms with Gasteiger partial charge in [-0.15, -0.1) is 0 Å². The monoisotopic (exact) mass is 295 g/mol. The molecule has 0 saturated carbocycles. The Hall–Kier alpha value is -1.30. The van der Waals surface area contributed by atoms with Crippen molar-refractivity contribution in [3.8, 4) is 0 Å². The molecule has 0 spiro atoms. The summed E-state index contributed by atoms with van der Waals surface area (Å²) in [6.45, 7) is 6.88. The second kappa shape index (κ2) is 7.64. The fraction of sp³-hybridized carbons (Fsp3) is 0.867. The Morgan fingerprint density at radius 3 is 2.71 bits per heavy atom. The standard InChI is InChI=1S/C15H29N5O/c1-4-14(21)20-8-6-13(11-20)18-15(16-2)17-9-12-5-7-19(3)10-12/h12-13H,4-11H2,1-3H3,(H2,16,17,18). The van der Waals surface area contributed by atoms with Crippen LogP contribution in [0.2, 0.25) is 0 Å². The van der Waals surface area contributed by atoms with E-state index in [0.717, 1.165) is 38.6 Å². The highest BCUT2D eigenvalue weighted by Gasteiger charge is 2.26. The molecule has 0 radical (unpaired) electrons. The minimum Gasteiger partial charge on any atom is -0.356 e. The number of hydrogen-bond acceptors (Lipinski definition) is 3. The Labute approximate surface area is 128 Å². The fourth-order valence-electron chi connectivity index (χ4n) is 3.15. The third kappa shape index (κ3) is 4.59. The predicted molar refractivity (Wildman–Crippen MR) is 85.4 cm³/mol. The van der Waals surface area contributed by atoms with E-state index in [-0.39, 0.29) is 5.91 Å². The fourth-order valence-corrected chi connectivity index (χ4v) is 3.15. The van der Waals surface area contributed by atoms with Gasteiger partial charge in [-0.1, -0.05) is 6.92 Å². The maximum Gasteiger partial charge on any atom is 0.222 e. The molecular weight excluding hydrogens is 266 g/mol. The van der Waals surface area contributed by atoms with Crippen LogP contribution in [0.4, 0.5) is 0 Å². The zero-order valence-electron chi connectivity index (χ0n) is 13.6. The van der Waals surface area contributed by atoms with Crippen molar-refractivity contribution in [3.05, 3.63) is 0 Å². The zero-order chi connectivity index (χ0) is 15.2. The van der Waals surface area contributed by atoms with Crippen LogP contribution in [-0.4, -0.2) is 74.5 Å². The van der Waals surface area contributed by atoms with Gasteiger partial charge in [0.25, 0.3) is 0 Å². The molecule has 2 unspecified atom stereocenters. The Morgan fingerprint density at radius 2 is 2.10 bits per heavy atom. The highest BCUT2D eigenvalue weighted by atomic mass is 16.2. The predicted octanol–water partition coefficient (Wildman–Crippen LogP) is 0.114. The molecule has 0 aromatic carbocycles. The van der Waals surface area contributed by atoms with Crippen molar-refractivity contribution in [3.63, 3.8) is 0 Å². The average molecular weight is 295 g/mol. The van der Waals surface area contributed by atoms with Gasteiger partial charge in [0.15, 0.2) is 5.96 Å². The van der Waals surface area contributed by atoms with Crippen LogP contribution >= 0.6 is 0 Å². The van der Waals surface area contributed by atoms with E-state index >= 15 is 0 Å². The van der Waals surface area contributed by atoms with Gasteiger partial charge in [-0.25, -0.2) is 0 Å². The van der Waals surface area contributed by atoms with Gasteiger partial charge in [0, 0.05) is 45.7 Å². The number of carbonyl (C=O) groups is 1. The van der Waals surface area contributed by atoms with Crippen LogP contribution in [0.1, 0.15) is 26.2 Å². The maximum absolute atomic E-state index is 11.7. The summed E-state index contributed by atoms with van der Waals surface area (Å²) in [6, 6.07) is 0.318. The Morgan fingerprint density at radius 1 is 1.29 bits per heavy atom. The Balaban J connectivity index is 1.72. The van der Waals surface area contributed by atoms with Gasteiger partial charge in [-0.2, -0.15) is 0 Å². The number of hydrogen-bond donors (Lipinski definition) is 2. The number of amides is 1. The van der Waals surface area contributed by atoms with Crippen LogP contribution in [0.15, 0.2) is 4.99 Å². The molecule has 2 aliphatic rings. The lowest BCUT2D eigenvalue weighted by Gasteiger charge is -2.20. The Kier molecular flexibility index (Phi) is 5.85. The van der Waals surface area contributed by atoms with Gasteiger partial charge >= 0.3 is 0 Å². The molecular formula is C15H29N5O. The van der Waals surface area contributed by atoms with Crippen molar-refractivity contribution < 1.29 is 4.79 Å². The first-order chi connectivity index (χ1) is 10.1. The summed E-state index contributed by atoms with van der Waals surface area (Å²) in [4.78, 5) is 20.3. The van der Waals surface area contributed by atoms with Gasteiger partial charge in [0.1, 0.15) is 0 Å². The van der Waals surface area contributed by atoms with E-state index in [1.54, 1.807) is 7.05 Å². The number of aliphatic imine (C=N–C) groups is 1. The molecule has 2 rings (SSSR count). The molecule has 2 N–H and O–H groups in total. The molecule has 6 nitrogen and oxygen atoms in total. The summed E-state index contributed by atoms with van der Waals surface area (Å²) >= 11 is 0. The van der Waals surface area contributed by atoms with E-state index in [1.807, 2.05) is 11.8 Å². The van der Waals surface area contributed by atoms with Crippen LogP contribution in [0.5, 0.6) is 0 Å². The number of likely N-dealkylation sites (tertiary alicyclic amines) is 2. The van der Waals surface area contributed by atoms with Crippen molar-refractivity contribution in [1.82, 2.24) is 20.4 Å². The molecule has 6 heteroatoms. The maximum atomic E-state index is 11.7. The summed E-state index contributed by atoms with van der Waals surface area (Å²) in [6.07, 6.45) is 2.84. The molecule has 120 valence electrons. The number of rotatable bonds is 4. The van der Waals surface area contributed by atoms with E-state index in [2.05, 4.69) is 27.6 Å². The lowest BCUT2D eigenvalue weighted by Crippen LogP contribution is -2.46. The molecule has 0 aromatic rings. The molecule has 1 amide bonds. The number of nitrogens with zero attached hydrogens (tertiary/aromatic N) is 3. The third-order valence-corrected chi connectivity index (χ3v) is 4.45. The molecule has 0 aliphatic carbocycles. The molecule has 2 atom stereocenters. The average Bonchev–Trinajstić information content (AvgIpc) is 3.11. The molecule has 2 saturated heterocycles. The number of carbonyl (C=O) groups excluding carboxylic acids is 1. The first kappa shape index (κ1) is 16.1. The molecule has 21 heavy (non-hydrogen) atoms. The molecule has 0 aromatic heterocycles. The van der Waals surface area contributed by atoms with E-state index in [4.69, 9.17) is 0 Å². The summed E-state index contributed by atoms with van der Waals surface area (Å²) in [7, 11) is 3.98. The topological polar surface area (TPSA) is 60.0 Å². The molecule has 0 bridgehead atoms. The first-order valence-electron chi connectivity index (χ1n) is 8.05. The van der Waals surface area contributed by atoms with Crippen molar-refractivity contribution in [2.75, 3.05) is 46.8 Å². The van der Waals surface area contributed by atoms with Crippen LogP contribution in [0.3, 0.4) is 0 Å². The van der Waals surface area contributed by atoms with Gasteiger partial charge in [-0.05, 0) is 32.4 Å². The minimum absolute atomic E-state index is 0.247. The van der Waals surface area contributed by atoms with Crippen molar-refractivity contribution >= 4 is 11.9 Å². The van der Waals surface area contributed by atoms with E-state index in [9.17, 15) is 4.79 Å². The first-order valence-corrected chi connectivity index (χ1v) is 8.05. The van der Waals surface area contributed by atoms with Crippen LogP contribution in [0, 0.1) is 5.92 Å². The van der Waals surface area contributed by atoms with E-state index < -0.39 is 0 Å². The zero-order valence-corrected chi connectivity index (χ0v) is 13.6. The summed E-state index contributed by atoms with van der Waals surface area (Å²) < 4.78 is 0. The summed E-state index contributed by atoms with van der Waals surface area (Å²) in [5.41, 5.74) is 0. The van der Waals surface area contributed by atoms with Gasteiger partial charge in [0.05, 0.1) is 0 Å². The SMILES string of the molecule is CCC(=O)N1CCC(NC(=NC)NCC2CCN(C)C2)C1. The smallest absolute Gasteiger partial charge is 0.222 e. The second-order valence-corrected chi connectivity index (χ2v) is 6.19. The van der Waals surface area contributed by atoms with Crippen molar-refractivity contribution in [1.29, 1.82) is 0 Å². The normalized spacial score (nSPS) is 27.2. The molecule has 2 heterocycles. The van der Waals surface area contributed by atoms with Gasteiger partial charge < -0.3 is 20.4 Å². The lowest BCUT2D eigenvalue weighted by atomic mass is 10.1. The minimum atomic E-state index is 0.247. The largest absolute Gasteiger partial charge is 0.356 e. The summed E-state index contributed by atoms with van der Waals surface area (Å²) in [5, 5.41) is 6.87. The number of nitrogens with one attached hydrogen (secondary N) is 2. The molecule has 2 aliphatic heterocycles.